The Labute approximate surface area is 88.0 Å². The van der Waals surface area contributed by atoms with Gasteiger partial charge in [0, 0.05) is 23.2 Å². The Morgan fingerprint density at radius 1 is 1.64 bits per heavy atom. The van der Waals surface area contributed by atoms with Crippen molar-refractivity contribution in [3.63, 3.8) is 0 Å². The molecule has 3 N–H and O–H groups in total. The number of rotatable bonds is 2. The second kappa shape index (κ2) is 4.11. The maximum atomic E-state index is 5.64. The zero-order valence-corrected chi connectivity index (χ0v) is 8.93. The quantitative estimate of drug-likeness (QED) is 0.777. The fourth-order valence-electron chi connectivity index (χ4n) is 1.51. The summed E-state index contributed by atoms with van der Waals surface area (Å²) in [6.45, 7) is 0.657. The van der Waals surface area contributed by atoms with Gasteiger partial charge in [0.1, 0.15) is 5.75 Å². The third-order valence-corrected chi connectivity index (χ3v) is 3.50. The Morgan fingerprint density at radius 3 is 3.21 bits per heavy atom. The van der Waals surface area contributed by atoms with E-state index in [0.29, 0.717) is 12.6 Å². The lowest BCUT2D eigenvalue weighted by Gasteiger charge is -2.26. The van der Waals surface area contributed by atoms with Crippen LogP contribution in [-0.2, 0) is 0 Å². The van der Waals surface area contributed by atoms with Crippen molar-refractivity contribution in [2.24, 2.45) is 5.73 Å². The third-order valence-electron chi connectivity index (χ3n) is 2.28. The van der Waals surface area contributed by atoms with Crippen molar-refractivity contribution < 1.29 is 4.74 Å². The van der Waals surface area contributed by atoms with E-state index in [0.717, 1.165) is 17.2 Å². The monoisotopic (exact) mass is 210 g/mol. The number of nitrogens with one attached hydrogen (secondary N) is 1. The molecule has 0 spiro atoms. The van der Waals surface area contributed by atoms with Gasteiger partial charge >= 0.3 is 0 Å². The summed E-state index contributed by atoms with van der Waals surface area (Å²) in [5.41, 5.74) is 6.72. The van der Waals surface area contributed by atoms with Crippen molar-refractivity contribution in [1.29, 1.82) is 0 Å². The molecule has 1 aromatic rings. The van der Waals surface area contributed by atoms with E-state index in [9.17, 15) is 0 Å². The van der Waals surface area contributed by atoms with Gasteiger partial charge in [0.25, 0.3) is 0 Å². The van der Waals surface area contributed by atoms with Crippen LogP contribution in [0.3, 0.4) is 0 Å². The number of ether oxygens (including phenoxy) is 1. The van der Waals surface area contributed by atoms with Crippen LogP contribution in [0.5, 0.6) is 5.75 Å². The van der Waals surface area contributed by atoms with Crippen LogP contribution in [0.1, 0.15) is 0 Å². The predicted molar refractivity (Wildman–Crippen MR) is 60.2 cm³/mol. The number of anilines is 1. The fourth-order valence-corrected chi connectivity index (χ4v) is 2.59. The molecule has 1 unspecified atom stereocenters. The molecule has 0 saturated heterocycles. The van der Waals surface area contributed by atoms with E-state index in [-0.39, 0.29) is 0 Å². The van der Waals surface area contributed by atoms with Crippen molar-refractivity contribution >= 4 is 17.4 Å². The molecule has 14 heavy (non-hydrogen) atoms. The molecule has 0 aliphatic carbocycles. The van der Waals surface area contributed by atoms with Gasteiger partial charge in [-0.25, -0.2) is 0 Å². The third kappa shape index (κ3) is 1.67. The van der Waals surface area contributed by atoms with Crippen molar-refractivity contribution in [2.75, 3.05) is 24.7 Å². The highest BCUT2D eigenvalue weighted by molar-refractivity contribution is 7.99. The first-order chi connectivity index (χ1) is 6.85. The lowest BCUT2D eigenvalue weighted by molar-refractivity contribution is 0.415. The Balaban J connectivity index is 2.33. The van der Waals surface area contributed by atoms with Crippen LogP contribution < -0.4 is 15.8 Å². The molecule has 1 atom stereocenters. The topological polar surface area (TPSA) is 47.3 Å². The van der Waals surface area contributed by atoms with E-state index in [1.165, 1.54) is 4.90 Å². The first-order valence-corrected chi connectivity index (χ1v) is 5.60. The number of hydrogen-bond acceptors (Lipinski definition) is 4. The summed E-state index contributed by atoms with van der Waals surface area (Å²) in [5, 5.41) is 3.40. The van der Waals surface area contributed by atoms with Gasteiger partial charge in [0.15, 0.2) is 0 Å². The number of fused-ring (bicyclic) bond motifs is 1. The van der Waals surface area contributed by atoms with Crippen molar-refractivity contribution in [1.82, 2.24) is 0 Å². The molecule has 0 fully saturated rings. The molecular weight excluding hydrogens is 196 g/mol. The SMILES string of the molecule is COc1cccc2c1NC(CN)CS2. The Morgan fingerprint density at radius 2 is 2.50 bits per heavy atom. The average molecular weight is 210 g/mol. The van der Waals surface area contributed by atoms with Gasteiger partial charge in [0.2, 0.25) is 0 Å². The minimum Gasteiger partial charge on any atom is -0.495 e. The first kappa shape index (κ1) is 9.68. The average Bonchev–Trinajstić information content (AvgIpc) is 2.27. The minimum absolute atomic E-state index is 0.351. The van der Waals surface area contributed by atoms with Crippen molar-refractivity contribution in [3.8, 4) is 5.75 Å². The molecule has 76 valence electrons. The molecule has 4 heteroatoms. The Bertz CT molecular complexity index is 316. The normalized spacial score (nSPS) is 19.7. The number of nitrogens with two attached hydrogens (primary N) is 1. The summed E-state index contributed by atoms with van der Waals surface area (Å²) in [6.07, 6.45) is 0. The van der Waals surface area contributed by atoms with E-state index in [4.69, 9.17) is 10.5 Å². The Hall–Kier alpha value is -0.870. The fraction of sp³-hybridized carbons (Fsp3) is 0.400. The van der Waals surface area contributed by atoms with Gasteiger partial charge in [-0.2, -0.15) is 0 Å². The minimum atomic E-state index is 0.351. The summed E-state index contributed by atoms with van der Waals surface area (Å²) in [6, 6.07) is 6.42. The van der Waals surface area contributed by atoms with E-state index < -0.39 is 0 Å². The van der Waals surface area contributed by atoms with Gasteiger partial charge in [-0.1, -0.05) is 6.07 Å². The number of thioether (sulfide) groups is 1. The number of hydrogen-bond donors (Lipinski definition) is 2. The predicted octanol–water partition coefficient (Wildman–Crippen LogP) is 1.54. The van der Waals surface area contributed by atoms with E-state index in [1.54, 1.807) is 7.11 Å². The van der Waals surface area contributed by atoms with Crippen LogP contribution in [0.15, 0.2) is 23.1 Å². The summed E-state index contributed by atoms with van der Waals surface area (Å²) < 4.78 is 5.29. The first-order valence-electron chi connectivity index (χ1n) is 4.61. The highest BCUT2D eigenvalue weighted by Crippen LogP contribution is 2.39. The largest absolute Gasteiger partial charge is 0.495 e. The summed E-state index contributed by atoms with van der Waals surface area (Å²) >= 11 is 1.83. The molecular formula is C10H14N2OS. The van der Waals surface area contributed by atoms with Crippen LogP contribution >= 0.6 is 11.8 Å². The van der Waals surface area contributed by atoms with Gasteiger partial charge in [-0.3, -0.25) is 0 Å². The molecule has 0 radical (unpaired) electrons. The maximum absolute atomic E-state index is 5.64. The number of para-hydroxylation sites is 1. The molecule has 1 heterocycles. The highest BCUT2D eigenvalue weighted by Gasteiger charge is 2.19. The molecule has 1 aliphatic rings. The second-order valence-corrected chi connectivity index (χ2v) is 4.28. The summed E-state index contributed by atoms with van der Waals surface area (Å²) in [7, 11) is 1.69. The highest BCUT2D eigenvalue weighted by atomic mass is 32.2. The molecule has 0 aromatic heterocycles. The second-order valence-electron chi connectivity index (χ2n) is 3.22. The standard InChI is InChI=1S/C10H14N2OS/c1-13-8-3-2-4-9-10(8)12-7(5-11)6-14-9/h2-4,7,12H,5-6,11H2,1H3. The van der Waals surface area contributed by atoms with E-state index in [1.807, 2.05) is 23.9 Å². The van der Waals surface area contributed by atoms with Crippen LogP contribution in [0, 0.1) is 0 Å². The van der Waals surface area contributed by atoms with Gasteiger partial charge in [-0.15, -0.1) is 11.8 Å². The van der Waals surface area contributed by atoms with Crippen LogP contribution in [0.4, 0.5) is 5.69 Å². The zero-order valence-electron chi connectivity index (χ0n) is 8.12. The van der Waals surface area contributed by atoms with Crippen LogP contribution in [0.2, 0.25) is 0 Å². The van der Waals surface area contributed by atoms with Gasteiger partial charge < -0.3 is 15.8 Å². The van der Waals surface area contributed by atoms with Gasteiger partial charge in [-0.05, 0) is 12.1 Å². The van der Waals surface area contributed by atoms with Crippen LogP contribution in [0.25, 0.3) is 0 Å². The summed E-state index contributed by atoms with van der Waals surface area (Å²) in [4.78, 5) is 1.24. The lowest BCUT2D eigenvalue weighted by Crippen LogP contribution is -2.33. The van der Waals surface area contributed by atoms with Gasteiger partial charge in [0.05, 0.1) is 12.8 Å². The van der Waals surface area contributed by atoms with Crippen molar-refractivity contribution in [3.05, 3.63) is 18.2 Å². The smallest absolute Gasteiger partial charge is 0.143 e. The molecule has 1 aromatic carbocycles. The van der Waals surface area contributed by atoms with Crippen molar-refractivity contribution in [2.45, 2.75) is 10.9 Å². The number of methoxy groups -OCH3 is 1. The zero-order chi connectivity index (χ0) is 9.97. The molecule has 0 saturated carbocycles. The molecule has 2 rings (SSSR count). The maximum Gasteiger partial charge on any atom is 0.143 e. The summed E-state index contributed by atoms with van der Waals surface area (Å²) in [5.74, 6) is 1.92. The van der Waals surface area contributed by atoms with E-state index >= 15 is 0 Å². The molecule has 1 aliphatic heterocycles. The number of benzene rings is 1. The van der Waals surface area contributed by atoms with Crippen LogP contribution in [-0.4, -0.2) is 25.4 Å². The molecule has 0 bridgehead atoms. The molecule has 3 nitrogen and oxygen atoms in total. The van der Waals surface area contributed by atoms with E-state index in [2.05, 4.69) is 11.4 Å². The molecule has 0 amide bonds. The lowest BCUT2D eigenvalue weighted by atomic mass is 10.2. The Kier molecular flexibility index (Phi) is 2.84.